The van der Waals surface area contributed by atoms with Crippen molar-refractivity contribution in [2.45, 2.75) is 79.1 Å². The van der Waals surface area contributed by atoms with Crippen LogP contribution in [-0.2, 0) is 9.47 Å². The van der Waals surface area contributed by atoms with Crippen molar-refractivity contribution in [2.75, 3.05) is 13.2 Å². The van der Waals surface area contributed by atoms with E-state index in [1.54, 1.807) is 24.3 Å². The normalized spacial score (nSPS) is 11.1. The highest BCUT2D eigenvalue weighted by atomic mass is 16.5. The Labute approximate surface area is 171 Å². The van der Waals surface area contributed by atoms with Gasteiger partial charge in [0.2, 0.25) is 0 Å². The topological polar surface area (TPSA) is 52.6 Å². The predicted octanol–water partition coefficient (Wildman–Crippen LogP) is 6.43. The molecule has 0 spiro atoms. The van der Waals surface area contributed by atoms with Crippen LogP contribution >= 0.6 is 0 Å². The summed E-state index contributed by atoms with van der Waals surface area (Å²) in [5.74, 6) is 0.463. The molecule has 0 N–H and O–H groups in total. The summed E-state index contributed by atoms with van der Waals surface area (Å²) in [7, 11) is 0. The van der Waals surface area contributed by atoms with Crippen molar-refractivity contribution < 1.29 is 19.1 Å². The zero-order chi connectivity index (χ0) is 20.8. The maximum absolute atomic E-state index is 12.4. The van der Waals surface area contributed by atoms with E-state index in [2.05, 4.69) is 27.7 Å². The number of hydrogen-bond acceptors (Lipinski definition) is 4. The highest BCUT2D eigenvalue weighted by Gasteiger charge is 2.19. The van der Waals surface area contributed by atoms with E-state index in [1.165, 1.54) is 0 Å². The highest BCUT2D eigenvalue weighted by Crippen LogP contribution is 2.17. The van der Waals surface area contributed by atoms with Gasteiger partial charge in [-0.2, -0.15) is 0 Å². The Balaban J connectivity index is 2.51. The van der Waals surface area contributed by atoms with Gasteiger partial charge in [0.15, 0.2) is 0 Å². The van der Waals surface area contributed by atoms with Gasteiger partial charge in [0.1, 0.15) is 0 Å². The van der Waals surface area contributed by atoms with Gasteiger partial charge in [0, 0.05) is 0 Å². The Morgan fingerprint density at radius 1 is 0.714 bits per heavy atom. The van der Waals surface area contributed by atoms with Gasteiger partial charge < -0.3 is 9.47 Å². The standard InChI is InChI=1S/C24H38O4/c1-5-19(6-2)13-11-17-27-23(25)21-15-9-10-16-22(21)24(26)28-18-12-14-20(7-3)8-4/h9-10,15-16,19-20H,5-8,11-14,17-18H2,1-4H3. The molecule has 0 radical (unpaired) electrons. The molecule has 28 heavy (non-hydrogen) atoms. The second-order valence-corrected chi connectivity index (χ2v) is 7.47. The van der Waals surface area contributed by atoms with Crippen LogP contribution in [0.4, 0.5) is 0 Å². The Morgan fingerprint density at radius 3 is 1.39 bits per heavy atom. The van der Waals surface area contributed by atoms with Crippen LogP contribution in [0.15, 0.2) is 24.3 Å². The molecule has 0 aromatic heterocycles. The van der Waals surface area contributed by atoms with Crippen molar-refractivity contribution in [3.8, 4) is 0 Å². The van der Waals surface area contributed by atoms with Crippen LogP contribution in [0.25, 0.3) is 0 Å². The smallest absolute Gasteiger partial charge is 0.339 e. The number of ether oxygens (including phenoxy) is 2. The van der Waals surface area contributed by atoms with Crippen molar-refractivity contribution in [3.63, 3.8) is 0 Å². The summed E-state index contributed by atoms with van der Waals surface area (Å²) in [6, 6.07) is 6.74. The first-order chi connectivity index (χ1) is 13.6. The SMILES string of the molecule is CCC(CC)CCCOC(=O)c1ccccc1C(=O)OCCCC(CC)CC. The molecule has 158 valence electrons. The van der Waals surface area contributed by atoms with E-state index < -0.39 is 11.9 Å². The molecule has 4 nitrogen and oxygen atoms in total. The van der Waals surface area contributed by atoms with E-state index in [1.807, 2.05) is 0 Å². The van der Waals surface area contributed by atoms with Crippen LogP contribution in [0.3, 0.4) is 0 Å². The third kappa shape index (κ3) is 8.45. The fourth-order valence-electron chi connectivity index (χ4n) is 3.46. The van der Waals surface area contributed by atoms with Crippen LogP contribution in [0.5, 0.6) is 0 Å². The Kier molecular flexibility index (Phi) is 12.3. The third-order valence-corrected chi connectivity index (χ3v) is 5.66. The summed E-state index contributed by atoms with van der Waals surface area (Å²) in [5.41, 5.74) is 0.574. The minimum absolute atomic E-state index is 0.287. The van der Waals surface area contributed by atoms with Crippen LogP contribution in [-0.4, -0.2) is 25.2 Å². The van der Waals surface area contributed by atoms with E-state index >= 15 is 0 Å². The monoisotopic (exact) mass is 390 g/mol. The number of hydrogen-bond donors (Lipinski definition) is 0. The minimum atomic E-state index is -0.450. The molecule has 0 bridgehead atoms. The third-order valence-electron chi connectivity index (χ3n) is 5.66. The Bertz CT molecular complexity index is 523. The Hall–Kier alpha value is -1.84. The highest BCUT2D eigenvalue weighted by molar-refractivity contribution is 6.03. The zero-order valence-corrected chi connectivity index (χ0v) is 18.2. The number of rotatable bonds is 14. The number of benzene rings is 1. The van der Waals surface area contributed by atoms with Crippen molar-refractivity contribution in [3.05, 3.63) is 35.4 Å². The van der Waals surface area contributed by atoms with Gasteiger partial charge in [-0.25, -0.2) is 9.59 Å². The lowest BCUT2D eigenvalue weighted by molar-refractivity contribution is 0.0446. The van der Waals surface area contributed by atoms with Crippen LogP contribution in [0, 0.1) is 11.8 Å². The molecule has 0 aliphatic rings. The molecule has 4 heteroatoms. The van der Waals surface area contributed by atoms with Gasteiger partial charge in [-0.15, -0.1) is 0 Å². The molecular formula is C24H38O4. The molecule has 0 amide bonds. The molecule has 1 aromatic rings. The lowest BCUT2D eigenvalue weighted by atomic mass is 9.98. The molecule has 0 aliphatic carbocycles. The fraction of sp³-hybridized carbons (Fsp3) is 0.667. The van der Waals surface area contributed by atoms with Gasteiger partial charge in [0.05, 0.1) is 24.3 Å². The lowest BCUT2D eigenvalue weighted by Gasteiger charge is -2.13. The molecule has 0 saturated heterocycles. The number of carbonyl (C=O) groups excluding carboxylic acids is 2. The second kappa shape index (κ2) is 14.2. The van der Waals surface area contributed by atoms with Crippen LogP contribution in [0.2, 0.25) is 0 Å². The summed E-state index contributed by atoms with van der Waals surface area (Å²) in [4.78, 5) is 24.8. The van der Waals surface area contributed by atoms with E-state index in [4.69, 9.17) is 9.47 Å². The summed E-state index contributed by atoms with van der Waals surface area (Å²) in [6.07, 6.45) is 8.40. The molecule has 1 rings (SSSR count). The maximum Gasteiger partial charge on any atom is 0.339 e. The van der Waals surface area contributed by atoms with Crippen molar-refractivity contribution >= 4 is 11.9 Å². The maximum atomic E-state index is 12.4. The molecule has 0 saturated carbocycles. The van der Waals surface area contributed by atoms with Gasteiger partial charge in [-0.1, -0.05) is 65.5 Å². The first kappa shape index (κ1) is 24.2. The van der Waals surface area contributed by atoms with Crippen LogP contribution in [0.1, 0.15) is 99.8 Å². The van der Waals surface area contributed by atoms with Gasteiger partial charge in [-0.3, -0.25) is 0 Å². The van der Waals surface area contributed by atoms with Crippen molar-refractivity contribution in [1.82, 2.24) is 0 Å². The number of carbonyl (C=O) groups is 2. The molecule has 0 fully saturated rings. The van der Waals surface area contributed by atoms with Gasteiger partial charge in [-0.05, 0) is 49.7 Å². The van der Waals surface area contributed by atoms with E-state index in [9.17, 15) is 9.59 Å². The zero-order valence-electron chi connectivity index (χ0n) is 18.2. The second-order valence-electron chi connectivity index (χ2n) is 7.47. The summed E-state index contributed by atoms with van der Waals surface area (Å²) >= 11 is 0. The first-order valence-corrected chi connectivity index (χ1v) is 11.0. The molecule has 0 atom stereocenters. The molecular weight excluding hydrogens is 352 g/mol. The summed E-state index contributed by atoms with van der Waals surface area (Å²) < 4.78 is 10.8. The minimum Gasteiger partial charge on any atom is -0.462 e. The van der Waals surface area contributed by atoms with Gasteiger partial charge >= 0.3 is 11.9 Å². The number of esters is 2. The quantitative estimate of drug-likeness (QED) is 0.271. The molecule has 0 heterocycles. The average molecular weight is 391 g/mol. The summed E-state index contributed by atoms with van der Waals surface area (Å²) in [6.45, 7) is 9.51. The lowest BCUT2D eigenvalue weighted by Crippen LogP contribution is -2.15. The predicted molar refractivity (Wildman–Crippen MR) is 114 cm³/mol. The van der Waals surface area contributed by atoms with Crippen molar-refractivity contribution in [1.29, 1.82) is 0 Å². The molecule has 0 aliphatic heterocycles. The molecule has 0 unspecified atom stereocenters. The van der Waals surface area contributed by atoms with E-state index in [-0.39, 0.29) is 11.1 Å². The largest absolute Gasteiger partial charge is 0.462 e. The first-order valence-electron chi connectivity index (χ1n) is 11.0. The van der Waals surface area contributed by atoms with E-state index in [0.717, 1.165) is 51.4 Å². The summed E-state index contributed by atoms with van der Waals surface area (Å²) in [5, 5.41) is 0. The average Bonchev–Trinajstić information content (AvgIpc) is 2.73. The van der Waals surface area contributed by atoms with Crippen molar-refractivity contribution in [2.24, 2.45) is 11.8 Å². The van der Waals surface area contributed by atoms with E-state index in [0.29, 0.717) is 25.0 Å². The fourth-order valence-corrected chi connectivity index (χ4v) is 3.46. The van der Waals surface area contributed by atoms with Crippen LogP contribution < -0.4 is 0 Å². The Morgan fingerprint density at radius 2 is 1.07 bits per heavy atom. The van der Waals surface area contributed by atoms with Gasteiger partial charge in [0.25, 0.3) is 0 Å². The molecule has 1 aromatic carbocycles.